The topological polar surface area (TPSA) is 33.2 Å². The number of thiazole rings is 1. The normalized spacial score (nSPS) is 18.0. The smallest absolute Gasteiger partial charge is 0.263 e. The lowest BCUT2D eigenvalue weighted by molar-refractivity contribution is 0.0712. The van der Waals surface area contributed by atoms with E-state index in [1.165, 1.54) is 20.1 Å². The summed E-state index contributed by atoms with van der Waals surface area (Å²) in [5, 5.41) is 1.18. The second kappa shape index (κ2) is 6.89. The Bertz CT molecular complexity index is 878. The van der Waals surface area contributed by atoms with E-state index >= 15 is 0 Å². The van der Waals surface area contributed by atoms with Crippen LogP contribution in [0.5, 0.6) is 0 Å². The number of nitrogens with zero attached hydrogens (tertiary/aromatic N) is 2. The molecule has 25 heavy (non-hydrogen) atoms. The van der Waals surface area contributed by atoms with E-state index in [0.29, 0.717) is 5.92 Å². The van der Waals surface area contributed by atoms with Crippen molar-refractivity contribution in [1.82, 2.24) is 9.88 Å². The lowest BCUT2D eigenvalue weighted by Crippen LogP contribution is -2.38. The highest BCUT2D eigenvalue weighted by Crippen LogP contribution is 2.34. The van der Waals surface area contributed by atoms with Crippen LogP contribution in [0, 0.1) is 6.92 Å². The third kappa shape index (κ3) is 3.23. The highest BCUT2D eigenvalue weighted by molar-refractivity contribution is 7.18. The van der Waals surface area contributed by atoms with Crippen molar-refractivity contribution in [1.29, 1.82) is 0 Å². The highest BCUT2D eigenvalue weighted by atomic mass is 32.1. The Kier molecular flexibility index (Phi) is 4.61. The maximum Gasteiger partial charge on any atom is 0.263 e. The van der Waals surface area contributed by atoms with Crippen LogP contribution in [0.1, 0.15) is 50.8 Å². The molecule has 1 amide bonds. The van der Waals surface area contributed by atoms with E-state index in [1.807, 2.05) is 11.0 Å². The molecule has 0 unspecified atom stereocenters. The molecule has 3 aromatic rings. The predicted molar refractivity (Wildman–Crippen MR) is 106 cm³/mol. The fourth-order valence-electron chi connectivity index (χ4n) is 3.56. The van der Waals surface area contributed by atoms with Gasteiger partial charge in [0.25, 0.3) is 5.91 Å². The number of benzene rings is 1. The number of hydrogen-bond acceptors (Lipinski definition) is 4. The van der Waals surface area contributed by atoms with E-state index in [2.05, 4.69) is 38.1 Å². The number of hydrogen-bond donors (Lipinski definition) is 0. The molecule has 0 saturated carbocycles. The molecule has 130 valence electrons. The van der Waals surface area contributed by atoms with Crippen LogP contribution < -0.4 is 0 Å². The van der Waals surface area contributed by atoms with Crippen LogP contribution >= 0.6 is 22.7 Å². The van der Waals surface area contributed by atoms with Gasteiger partial charge < -0.3 is 4.90 Å². The number of para-hydroxylation sites is 1. The molecule has 1 saturated heterocycles. The molecule has 2 aromatic heterocycles. The quantitative estimate of drug-likeness (QED) is 0.631. The number of rotatable bonds is 3. The molecule has 3 heterocycles. The van der Waals surface area contributed by atoms with Gasteiger partial charge in [0.15, 0.2) is 0 Å². The van der Waals surface area contributed by atoms with Crippen molar-refractivity contribution in [2.75, 3.05) is 13.1 Å². The van der Waals surface area contributed by atoms with Gasteiger partial charge in [0.05, 0.1) is 20.1 Å². The Labute approximate surface area is 156 Å². The van der Waals surface area contributed by atoms with Crippen LogP contribution in [0.3, 0.4) is 0 Å². The van der Waals surface area contributed by atoms with Gasteiger partial charge in [0, 0.05) is 23.9 Å². The number of piperidine rings is 1. The molecule has 0 N–H and O–H groups in total. The summed E-state index contributed by atoms with van der Waals surface area (Å²) < 4.78 is 1.24. The van der Waals surface area contributed by atoms with Crippen molar-refractivity contribution >= 4 is 38.8 Å². The Morgan fingerprint density at radius 3 is 2.92 bits per heavy atom. The summed E-state index contributed by atoms with van der Waals surface area (Å²) in [6.45, 7) is 5.91. The van der Waals surface area contributed by atoms with E-state index in [-0.39, 0.29) is 5.91 Å². The number of amides is 1. The zero-order chi connectivity index (χ0) is 17.4. The van der Waals surface area contributed by atoms with Gasteiger partial charge in [0.1, 0.15) is 0 Å². The third-order valence-corrected chi connectivity index (χ3v) is 7.26. The summed E-state index contributed by atoms with van der Waals surface area (Å²) >= 11 is 3.41. The van der Waals surface area contributed by atoms with Crippen molar-refractivity contribution in [2.24, 2.45) is 0 Å². The number of likely N-dealkylation sites (tertiary alicyclic amines) is 1. The van der Waals surface area contributed by atoms with Gasteiger partial charge in [-0.25, -0.2) is 4.98 Å². The molecule has 5 heteroatoms. The first kappa shape index (κ1) is 16.7. The Morgan fingerprint density at radius 2 is 2.16 bits per heavy atom. The minimum Gasteiger partial charge on any atom is -0.337 e. The number of thiophene rings is 1. The van der Waals surface area contributed by atoms with Gasteiger partial charge in [-0.05, 0) is 49.9 Å². The molecule has 4 rings (SSSR count). The first-order valence-corrected chi connectivity index (χ1v) is 10.5. The summed E-state index contributed by atoms with van der Waals surface area (Å²) in [7, 11) is 0. The van der Waals surface area contributed by atoms with Gasteiger partial charge in [-0.2, -0.15) is 0 Å². The lowest BCUT2D eigenvalue weighted by Gasteiger charge is -2.31. The van der Waals surface area contributed by atoms with Crippen LogP contribution in [0.2, 0.25) is 0 Å². The lowest BCUT2D eigenvalue weighted by atomic mass is 9.98. The van der Waals surface area contributed by atoms with Crippen molar-refractivity contribution in [2.45, 2.75) is 39.0 Å². The van der Waals surface area contributed by atoms with Crippen LogP contribution in [0.4, 0.5) is 0 Å². The van der Waals surface area contributed by atoms with E-state index in [0.717, 1.165) is 42.7 Å². The minimum atomic E-state index is 0.193. The molecule has 0 radical (unpaired) electrons. The SMILES string of the molecule is CCc1cc(C(=O)N2CCC[C@@H](c3nc4ccccc4s3)C2)sc1C. The zero-order valence-electron chi connectivity index (χ0n) is 14.6. The number of aromatic nitrogens is 1. The number of carbonyl (C=O) groups is 1. The molecule has 1 atom stereocenters. The molecule has 1 aromatic carbocycles. The summed E-state index contributed by atoms with van der Waals surface area (Å²) in [5.74, 6) is 0.556. The molecule has 1 aliphatic heterocycles. The van der Waals surface area contributed by atoms with Crippen molar-refractivity contribution in [3.05, 3.63) is 50.7 Å². The Hall–Kier alpha value is -1.72. The minimum absolute atomic E-state index is 0.193. The fraction of sp³-hybridized carbons (Fsp3) is 0.400. The van der Waals surface area contributed by atoms with E-state index in [1.54, 1.807) is 22.7 Å². The molecule has 0 spiro atoms. The van der Waals surface area contributed by atoms with E-state index < -0.39 is 0 Å². The molecule has 1 fully saturated rings. The Morgan fingerprint density at radius 1 is 1.32 bits per heavy atom. The predicted octanol–water partition coefficient (Wildman–Crippen LogP) is 5.25. The molecule has 1 aliphatic rings. The molecule has 3 nitrogen and oxygen atoms in total. The maximum atomic E-state index is 12.9. The van der Waals surface area contributed by atoms with Gasteiger partial charge >= 0.3 is 0 Å². The average Bonchev–Trinajstić information content (AvgIpc) is 3.24. The summed E-state index contributed by atoms with van der Waals surface area (Å²) in [6, 6.07) is 10.4. The standard InChI is InChI=1S/C20H22N2OS2/c1-3-14-11-18(24-13(14)2)20(23)22-10-6-7-15(12-22)19-21-16-8-4-5-9-17(16)25-19/h4-5,8-9,11,15H,3,6-7,10,12H2,1-2H3/t15-/m1/s1. The number of aryl methyl sites for hydroxylation is 2. The van der Waals surface area contributed by atoms with Crippen LogP contribution in [0.25, 0.3) is 10.2 Å². The monoisotopic (exact) mass is 370 g/mol. The summed E-state index contributed by atoms with van der Waals surface area (Å²) in [5.41, 5.74) is 2.38. The van der Waals surface area contributed by atoms with Crippen molar-refractivity contribution in [3.63, 3.8) is 0 Å². The van der Waals surface area contributed by atoms with Gasteiger partial charge in [0.2, 0.25) is 0 Å². The number of fused-ring (bicyclic) bond motifs is 1. The highest BCUT2D eigenvalue weighted by Gasteiger charge is 2.28. The summed E-state index contributed by atoms with van der Waals surface area (Å²) in [6.07, 6.45) is 3.16. The first-order chi connectivity index (χ1) is 12.2. The van der Waals surface area contributed by atoms with Crippen molar-refractivity contribution < 1.29 is 4.79 Å². The third-order valence-electron chi connectivity index (χ3n) is 4.98. The van der Waals surface area contributed by atoms with Gasteiger partial charge in [-0.15, -0.1) is 22.7 Å². The molecule has 0 bridgehead atoms. The zero-order valence-corrected chi connectivity index (χ0v) is 16.3. The number of carbonyl (C=O) groups excluding carboxylic acids is 1. The van der Waals surface area contributed by atoms with E-state index in [9.17, 15) is 4.79 Å². The maximum absolute atomic E-state index is 12.9. The van der Waals surface area contributed by atoms with Crippen LogP contribution in [-0.4, -0.2) is 28.9 Å². The largest absolute Gasteiger partial charge is 0.337 e. The molecule has 0 aliphatic carbocycles. The van der Waals surface area contributed by atoms with Gasteiger partial charge in [-0.3, -0.25) is 4.79 Å². The average molecular weight is 371 g/mol. The Balaban J connectivity index is 1.54. The van der Waals surface area contributed by atoms with Crippen molar-refractivity contribution in [3.8, 4) is 0 Å². The van der Waals surface area contributed by atoms with E-state index in [4.69, 9.17) is 4.98 Å². The summed E-state index contributed by atoms with van der Waals surface area (Å²) in [4.78, 5) is 22.0. The second-order valence-electron chi connectivity index (χ2n) is 6.66. The van der Waals surface area contributed by atoms with Crippen LogP contribution in [-0.2, 0) is 6.42 Å². The molecular formula is C20H22N2OS2. The fourth-order valence-corrected chi connectivity index (χ4v) is 5.73. The van der Waals surface area contributed by atoms with Crippen LogP contribution in [0.15, 0.2) is 30.3 Å². The second-order valence-corrected chi connectivity index (χ2v) is 8.97. The molecular weight excluding hydrogens is 348 g/mol. The first-order valence-electron chi connectivity index (χ1n) is 8.89. The van der Waals surface area contributed by atoms with Gasteiger partial charge in [-0.1, -0.05) is 19.1 Å².